The van der Waals surface area contributed by atoms with Crippen LogP contribution in [0.15, 0.2) is 42.5 Å². The van der Waals surface area contributed by atoms with Gasteiger partial charge in [-0.15, -0.1) is 0 Å². The fourth-order valence-electron chi connectivity index (χ4n) is 1.72. The highest BCUT2D eigenvalue weighted by Gasteiger charge is 2.30. The number of carbonyl (C=O) groups excluding carboxylic acids is 2. The number of benzene rings is 2. The molecule has 0 radical (unpaired) electrons. The third kappa shape index (κ3) is 4.28. The molecule has 0 aromatic heterocycles. The molecule has 2 aromatic rings. The average Bonchev–Trinajstić information content (AvgIpc) is 2.50. The van der Waals surface area contributed by atoms with E-state index >= 15 is 0 Å². The second-order valence-corrected chi connectivity index (χ2v) is 4.62. The van der Waals surface area contributed by atoms with E-state index in [9.17, 15) is 31.5 Å². The lowest BCUT2D eigenvalue weighted by Gasteiger charge is -2.10. The van der Waals surface area contributed by atoms with Crippen molar-refractivity contribution in [1.82, 2.24) is 0 Å². The Morgan fingerprint density at radius 3 is 1.92 bits per heavy atom. The molecule has 2 amide bonds. The van der Waals surface area contributed by atoms with E-state index in [4.69, 9.17) is 0 Å². The second-order valence-electron chi connectivity index (χ2n) is 4.62. The summed E-state index contributed by atoms with van der Waals surface area (Å²) < 4.78 is 63.4. The normalized spacial score (nSPS) is 11.0. The first kappa shape index (κ1) is 17.4. The van der Waals surface area contributed by atoms with Crippen LogP contribution in [0.25, 0.3) is 0 Å². The van der Waals surface area contributed by atoms with Crippen molar-refractivity contribution in [2.45, 2.75) is 6.18 Å². The molecule has 0 atom stereocenters. The van der Waals surface area contributed by atoms with Crippen molar-refractivity contribution in [3.63, 3.8) is 0 Å². The summed E-state index contributed by atoms with van der Waals surface area (Å²) in [4.78, 5) is 23.3. The SMILES string of the molecule is O=C(Nc1cccc(C(F)(F)F)c1)C(=O)Nc1ccc(F)c(F)c1. The van der Waals surface area contributed by atoms with Crippen molar-refractivity contribution in [2.75, 3.05) is 10.6 Å². The van der Waals surface area contributed by atoms with Crippen LogP contribution in [0.5, 0.6) is 0 Å². The molecular weight excluding hydrogens is 335 g/mol. The molecule has 126 valence electrons. The highest BCUT2D eigenvalue weighted by Crippen LogP contribution is 2.30. The molecule has 24 heavy (non-hydrogen) atoms. The number of alkyl halides is 3. The zero-order valence-electron chi connectivity index (χ0n) is 11.7. The Bertz CT molecular complexity index is 790. The Hall–Kier alpha value is -2.97. The van der Waals surface area contributed by atoms with E-state index in [1.54, 1.807) is 0 Å². The third-order valence-corrected chi connectivity index (χ3v) is 2.83. The number of amides is 2. The monoisotopic (exact) mass is 344 g/mol. The number of carbonyl (C=O) groups is 2. The minimum Gasteiger partial charge on any atom is -0.318 e. The molecule has 0 unspecified atom stereocenters. The van der Waals surface area contributed by atoms with Crippen LogP contribution in [0.3, 0.4) is 0 Å². The van der Waals surface area contributed by atoms with Gasteiger partial charge in [0.1, 0.15) is 0 Å². The summed E-state index contributed by atoms with van der Waals surface area (Å²) in [6.07, 6.45) is -4.60. The Labute approximate surface area is 132 Å². The first-order valence-corrected chi connectivity index (χ1v) is 6.41. The quantitative estimate of drug-likeness (QED) is 0.646. The molecule has 0 saturated carbocycles. The van der Waals surface area contributed by atoms with Gasteiger partial charge in [-0.05, 0) is 30.3 Å². The summed E-state index contributed by atoms with van der Waals surface area (Å²) in [7, 11) is 0. The van der Waals surface area contributed by atoms with Crippen LogP contribution in [-0.2, 0) is 15.8 Å². The van der Waals surface area contributed by atoms with Crippen LogP contribution >= 0.6 is 0 Å². The number of nitrogens with one attached hydrogen (secondary N) is 2. The fraction of sp³-hybridized carbons (Fsp3) is 0.0667. The summed E-state index contributed by atoms with van der Waals surface area (Å²) in [5.41, 5.74) is -1.42. The first-order valence-electron chi connectivity index (χ1n) is 6.41. The second kappa shape index (κ2) is 6.65. The van der Waals surface area contributed by atoms with E-state index in [0.717, 1.165) is 30.3 Å². The number of halogens is 5. The highest BCUT2D eigenvalue weighted by atomic mass is 19.4. The lowest BCUT2D eigenvalue weighted by molar-refractivity contribution is -0.137. The van der Waals surface area contributed by atoms with Gasteiger partial charge in [0.15, 0.2) is 11.6 Å². The first-order chi connectivity index (χ1) is 11.2. The van der Waals surface area contributed by atoms with Gasteiger partial charge in [0.2, 0.25) is 0 Å². The molecule has 0 saturated heterocycles. The smallest absolute Gasteiger partial charge is 0.318 e. The van der Waals surface area contributed by atoms with E-state index in [-0.39, 0.29) is 11.4 Å². The lowest BCUT2D eigenvalue weighted by atomic mass is 10.2. The van der Waals surface area contributed by atoms with Gasteiger partial charge in [0, 0.05) is 17.4 Å². The maximum Gasteiger partial charge on any atom is 0.416 e. The zero-order valence-corrected chi connectivity index (χ0v) is 11.7. The highest BCUT2D eigenvalue weighted by molar-refractivity contribution is 6.43. The van der Waals surface area contributed by atoms with Crippen molar-refractivity contribution in [3.8, 4) is 0 Å². The Balaban J connectivity index is 2.06. The predicted molar refractivity (Wildman–Crippen MR) is 75.1 cm³/mol. The summed E-state index contributed by atoms with van der Waals surface area (Å²) in [6, 6.07) is 6.11. The molecule has 4 nitrogen and oxygen atoms in total. The third-order valence-electron chi connectivity index (χ3n) is 2.83. The number of hydrogen-bond donors (Lipinski definition) is 2. The molecule has 2 N–H and O–H groups in total. The molecule has 0 aliphatic heterocycles. The molecule has 9 heteroatoms. The van der Waals surface area contributed by atoms with E-state index in [0.29, 0.717) is 12.1 Å². The van der Waals surface area contributed by atoms with Gasteiger partial charge in [-0.3, -0.25) is 9.59 Å². The van der Waals surface area contributed by atoms with Gasteiger partial charge in [-0.1, -0.05) is 6.07 Å². The summed E-state index contributed by atoms with van der Waals surface area (Å²) in [5.74, 6) is -4.88. The maximum absolute atomic E-state index is 13.0. The average molecular weight is 344 g/mol. The zero-order chi connectivity index (χ0) is 17.9. The minimum absolute atomic E-state index is 0.182. The van der Waals surface area contributed by atoms with Crippen LogP contribution in [0.1, 0.15) is 5.56 Å². The number of anilines is 2. The molecular formula is C15H9F5N2O2. The molecule has 0 bridgehead atoms. The largest absolute Gasteiger partial charge is 0.416 e. The summed E-state index contributed by atoms with van der Waals surface area (Å²) in [6.45, 7) is 0. The molecule has 0 spiro atoms. The van der Waals surface area contributed by atoms with E-state index in [1.165, 1.54) is 0 Å². The van der Waals surface area contributed by atoms with Crippen molar-refractivity contribution in [3.05, 3.63) is 59.7 Å². The van der Waals surface area contributed by atoms with Gasteiger partial charge in [-0.2, -0.15) is 13.2 Å². The summed E-state index contributed by atoms with van der Waals surface area (Å²) >= 11 is 0. The van der Waals surface area contributed by atoms with Gasteiger partial charge in [-0.25, -0.2) is 8.78 Å². The van der Waals surface area contributed by atoms with Crippen LogP contribution in [-0.4, -0.2) is 11.8 Å². The van der Waals surface area contributed by atoms with Crippen molar-refractivity contribution in [1.29, 1.82) is 0 Å². The fourth-order valence-corrected chi connectivity index (χ4v) is 1.72. The topological polar surface area (TPSA) is 58.2 Å². The lowest BCUT2D eigenvalue weighted by Crippen LogP contribution is -2.29. The summed E-state index contributed by atoms with van der Waals surface area (Å²) in [5, 5.41) is 3.98. The van der Waals surface area contributed by atoms with Crippen molar-refractivity contribution in [2.24, 2.45) is 0 Å². The standard InChI is InChI=1S/C15H9F5N2O2/c16-11-5-4-10(7-12(11)17)22-14(24)13(23)21-9-3-1-2-8(6-9)15(18,19)20/h1-7H,(H,21,23)(H,22,24). The Morgan fingerprint density at radius 1 is 0.792 bits per heavy atom. The molecule has 0 fully saturated rings. The van der Waals surface area contributed by atoms with Crippen LogP contribution < -0.4 is 10.6 Å². The predicted octanol–water partition coefficient (Wildman–Crippen LogP) is 3.56. The number of rotatable bonds is 2. The molecule has 2 aromatic carbocycles. The van der Waals surface area contributed by atoms with E-state index in [2.05, 4.69) is 0 Å². The minimum atomic E-state index is -4.60. The van der Waals surface area contributed by atoms with Gasteiger partial charge in [0.05, 0.1) is 5.56 Å². The van der Waals surface area contributed by atoms with Gasteiger partial charge in [0.25, 0.3) is 0 Å². The maximum atomic E-state index is 13.0. The van der Waals surface area contributed by atoms with Crippen LogP contribution in [0.2, 0.25) is 0 Å². The Morgan fingerprint density at radius 2 is 1.38 bits per heavy atom. The van der Waals surface area contributed by atoms with Crippen LogP contribution in [0, 0.1) is 11.6 Å². The Kier molecular flexibility index (Phi) is 4.82. The van der Waals surface area contributed by atoms with Crippen molar-refractivity contribution < 1.29 is 31.5 Å². The molecule has 0 aliphatic rings. The molecule has 0 aliphatic carbocycles. The van der Waals surface area contributed by atoms with E-state index in [1.807, 2.05) is 10.6 Å². The van der Waals surface area contributed by atoms with Gasteiger partial charge >= 0.3 is 18.0 Å². The van der Waals surface area contributed by atoms with Gasteiger partial charge < -0.3 is 10.6 Å². The van der Waals surface area contributed by atoms with E-state index < -0.39 is 35.2 Å². The van der Waals surface area contributed by atoms with Crippen molar-refractivity contribution >= 4 is 23.2 Å². The molecule has 0 heterocycles. The molecule has 2 rings (SSSR count). The number of hydrogen-bond acceptors (Lipinski definition) is 2. The van der Waals surface area contributed by atoms with Crippen LogP contribution in [0.4, 0.5) is 33.3 Å².